The van der Waals surface area contributed by atoms with E-state index in [4.69, 9.17) is 16.7 Å². The van der Waals surface area contributed by atoms with Crippen LogP contribution >= 0.6 is 11.6 Å². The summed E-state index contributed by atoms with van der Waals surface area (Å²) in [5.41, 5.74) is 0.966. The van der Waals surface area contributed by atoms with Gasteiger partial charge in [0.2, 0.25) is 0 Å². The Morgan fingerprint density at radius 2 is 2.36 bits per heavy atom. The van der Waals surface area contributed by atoms with Gasteiger partial charge in [-0.25, -0.2) is 0 Å². The predicted molar refractivity (Wildman–Crippen MR) is 56.2 cm³/mol. The van der Waals surface area contributed by atoms with Crippen LogP contribution in [0.3, 0.4) is 0 Å². The van der Waals surface area contributed by atoms with E-state index in [-0.39, 0.29) is 6.61 Å². The van der Waals surface area contributed by atoms with Gasteiger partial charge in [0, 0.05) is 24.7 Å². The molecule has 0 aliphatic carbocycles. The number of aromatic amines is 1. The second-order valence-corrected chi connectivity index (χ2v) is 3.88. The van der Waals surface area contributed by atoms with Gasteiger partial charge in [-0.1, -0.05) is 11.6 Å². The molecule has 0 radical (unpaired) electrons. The minimum Gasteiger partial charge on any atom is -0.395 e. The van der Waals surface area contributed by atoms with E-state index < -0.39 is 0 Å². The molecule has 0 aliphatic heterocycles. The van der Waals surface area contributed by atoms with Crippen molar-refractivity contribution in [2.45, 2.75) is 26.4 Å². The van der Waals surface area contributed by atoms with Gasteiger partial charge in [0.05, 0.1) is 12.8 Å². The third-order valence-corrected chi connectivity index (χ3v) is 2.48. The van der Waals surface area contributed by atoms with Crippen LogP contribution < -0.4 is 0 Å². The highest BCUT2D eigenvalue weighted by Crippen LogP contribution is 2.14. The van der Waals surface area contributed by atoms with Crippen molar-refractivity contribution in [3.05, 3.63) is 16.9 Å². The Kier molecular flexibility index (Phi) is 4.38. The van der Waals surface area contributed by atoms with Crippen molar-refractivity contribution in [1.82, 2.24) is 15.1 Å². The minimum atomic E-state index is 0.160. The first-order valence-corrected chi connectivity index (χ1v) is 5.05. The fourth-order valence-electron chi connectivity index (χ4n) is 1.27. The number of rotatable bonds is 5. The molecule has 0 spiro atoms. The SMILES string of the molecule is CC(C)N(CCO)Cc1cn[nH]c1Cl. The van der Waals surface area contributed by atoms with Crippen LogP contribution in [0, 0.1) is 0 Å². The van der Waals surface area contributed by atoms with Crippen molar-refractivity contribution in [2.75, 3.05) is 13.2 Å². The zero-order chi connectivity index (χ0) is 10.6. The van der Waals surface area contributed by atoms with Crippen molar-refractivity contribution in [2.24, 2.45) is 0 Å². The summed E-state index contributed by atoms with van der Waals surface area (Å²) in [6, 6.07) is 0.383. The van der Waals surface area contributed by atoms with E-state index in [1.165, 1.54) is 0 Å². The normalized spacial score (nSPS) is 11.6. The molecular weight excluding hydrogens is 202 g/mol. The molecule has 0 amide bonds. The van der Waals surface area contributed by atoms with Crippen molar-refractivity contribution >= 4 is 11.6 Å². The summed E-state index contributed by atoms with van der Waals surface area (Å²) in [5.74, 6) is 0. The largest absolute Gasteiger partial charge is 0.395 e. The average Bonchev–Trinajstić information content (AvgIpc) is 2.51. The Morgan fingerprint density at radius 1 is 1.64 bits per heavy atom. The highest BCUT2D eigenvalue weighted by molar-refractivity contribution is 6.30. The Balaban J connectivity index is 2.60. The lowest BCUT2D eigenvalue weighted by atomic mass is 10.2. The van der Waals surface area contributed by atoms with Crippen molar-refractivity contribution in [3.8, 4) is 0 Å². The number of hydrogen-bond acceptors (Lipinski definition) is 3. The lowest BCUT2D eigenvalue weighted by Crippen LogP contribution is -2.32. The van der Waals surface area contributed by atoms with Gasteiger partial charge in [0.15, 0.2) is 0 Å². The maximum absolute atomic E-state index is 8.89. The van der Waals surface area contributed by atoms with Gasteiger partial charge in [-0.3, -0.25) is 10.00 Å². The van der Waals surface area contributed by atoms with Gasteiger partial charge >= 0.3 is 0 Å². The molecule has 0 saturated carbocycles. The van der Waals surface area contributed by atoms with Crippen molar-refractivity contribution < 1.29 is 5.11 Å². The number of hydrogen-bond donors (Lipinski definition) is 2. The first-order chi connectivity index (χ1) is 6.65. The van der Waals surface area contributed by atoms with E-state index >= 15 is 0 Å². The summed E-state index contributed by atoms with van der Waals surface area (Å²) in [7, 11) is 0. The molecule has 1 aromatic heterocycles. The Bertz CT molecular complexity index is 275. The molecule has 0 fully saturated rings. The number of nitrogens with one attached hydrogen (secondary N) is 1. The molecule has 5 heteroatoms. The highest BCUT2D eigenvalue weighted by atomic mass is 35.5. The lowest BCUT2D eigenvalue weighted by molar-refractivity contribution is 0.159. The van der Waals surface area contributed by atoms with Crippen LogP contribution in [-0.2, 0) is 6.54 Å². The molecule has 14 heavy (non-hydrogen) atoms. The van der Waals surface area contributed by atoms with Crippen molar-refractivity contribution in [1.29, 1.82) is 0 Å². The summed E-state index contributed by atoms with van der Waals surface area (Å²) < 4.78 is 0. The predicted octanol–water partition coefficient (Wildman–Crippen LogP) is 1.27. The molecular formula is C9H16ClN3O. The topological polar surface area (TPSA) is 52.1 Å². The van der Waals surface area contributed by atoms with Crippen LogP contribution in [0.5, 0.6) is 0 Å². The Morgan fingerprint density at radius 3 is 2.79 bits per heavy atom. The van der Waals surface area contributed by atoms with Crippen LogP contribution in [0.25, 0.3) is 0 Å². The number of aliphatic hydroxyl groups is 1. The number of aromatic nitrogens is 2. The fraction of sp³-hybridized carbons (Fsp3) is 0.667. The van der Waals surface area contributed by atoms with E-state index in [1.54, 1.807) is 6.20 Å². The van der Waals surface area contributed by atoms with E-state index in [2.05, 4.69) is 28.9 Å². The van der Waals surface area contributed by atoms with Gasteiger partial charge in [0.25, 0.3) is 0 Å². The summed E-state index contributed by atoms with van der Waals surface area (Å²) in [6.07, 6.45) is 1.72. The van der Waals surface area contributed by atoms with Gasteiger partial charge in [-0.15, -0.1) is 0 Å². The van der Waals surface area contributed by atoms with E-state index in [9.17, 15) is 0 Å². The molecule has 0 bridgehead atoms. The lowest BCUT2D eigenvalue weighted by Gasteiger charge is -2.24. The molecule has 1 rings (SSSR count). The third-order valence-electron chi connectivity index (χ3n) is 2.16. The van der Waals surface area contributed by atoms with Crippen LogP contribution in [-0.4, -0.2) is 39.4 Å². The van der Waals surface area contributed by atoms with E-state index in [0.717, 1.165) is 5.56 Å². The summed E-state index contributed by atoms with van der Waals surface area (Å²) in [4.78, 5) is 2.14. The van der Waals surface area contributed by atoms with Crippen LogP contribution in [0.4, 0.5) is 0 Å². The summed E-state index contributed by atoms with van der Waals surface area (Å²) >= 11 is 5.88. The van der Waals surface area contributed by atoms with E-state index in [1.807, 2.05) is 0 Å². The van der Waals surface area contributed by atoms with Crippen LogP contribution in [0.1, 0.15) is 19.4 Å². The minimum absolute atomic E-state index is 0.160. The van der Waals surface area contributed by atoms with Gasteiger partial charge < -0.3 is 5.11 Å². The number of H-pyrrole nitrogens is 1. The maximum Gasteiger partial charge on any atom is 0.128 e. The number of aliphatic hydroxyl groups excluding tert-OH is 1. The molecule has 1 heterocycles. The molecule has 0 aromatic carbocycles. The van der Waals surface area contributed by atoms with Crippen molar-refractivity contribution in [3.63, 3.8) is 0 Å². The Hall–Kier alpha value is -0.580. The molecule has 0 atom stereocenters. The van der Waals surface area contributed by atoms with Crippen LogP contribution in [0.2, 0.25) is 5.15 Å². The smallest absolute Gasteiger partial charge is 0.128 e. The maximum atomic E-state index is 8.89. The molecule has 0 unspecified atom stereocenters. The van der Waals surface area contributed by atoms with E-state index in [0.29, 0.717) is 24.3 Å². The van der Waals surface area contributed by atoms with Crippen LogP contribution in [0.15, 0.2) is 6.20 Å². The molecule has 0 aliphatic rings. The fourth-order valence-corrected chi connectivity index (χ4v) is 1.43. The first kappa shape index (κ1) is 11.5. The highest BCUT2D eigenvalue weighted by Gasteiger charge is 2.12. The monoisotopic (exact) mass is 217 g/mol. The first-order valence-electron chi connectivity index (χ1n) is 4.67. The van der Waals surface area contributed by atoms with Gasteiger partial charge in [0.1, 0.15) is 5.15 Å². The second kappa shape index (κ2) is 5.34. The average molecular weight is 218 g/mol. The van der Waals surface area contributed by atoms with Gasteiger partial charge in [-0.2, -0.15) is 5.10 Å². The third kappa shape index (κ3) is 2.97. The Labute approximate surface area is 88.9 Å². The zero-order valence-electron chi connectivity index (χ0n) is 8.50. The number of nitrogens with zero attached hydrogens (tertiary/aromatic N) is 2. The number of halogens is 1. The standard InChI is InChI=1S/C9H16ClN3O/c1-7(2)13(3-4-14)6-8-5-11-12-9(8)10/h5,7,14H,3-4,6H2,1-2H3,(H,11,12). The summed E-state index contributed by atoms with van der Waals surface area (Å²) in [5, 5.41) is 16.0. The van der Waals surface area contributed by atoms with Gasteiger partial charge in [-0.05, 0) is 13.8 Å². The summed E-state index contributed by atoms with van der Waals surface area (Å²) in [6.45, 7) is 5.70. The molecule has 2 N–H and O–H groups in total. The molecule has 80 valence electrons. The second-order valence-electron chi connectivity index (χ2n) is 3.50. The quantitative estimate of drug-likeness (QED) is 0.781. The molecule has 1 aromatic rings. The molecule has 0 saturated heterocycles. The molecule has 4 nitrogen and oxygen atoms in total. The zero-order valence-corrected chi connectivity index (χ0v) is 9.25.